The van der Waals surface area contributed by atoms with Gasteiger partial charge in [0.05, 0.1) is 22.0 Å². The number of hydrogen-bond acceptors (Lipinski definition) is 3. The molecule has 4 heteroatoms. The molecule has 29 aromatic carbocycles. The lowest BCUT2D eigenvalue weighted by atomic mass is 9.50. The van der Waals surface area contributed by atoms with Gasteiger partial charge in [-0.05, 0) is 345 Å². The molecule has 0 N–H and O–H groups in total. The van der Waals surface area contributed by atoms with E-state index in [9.17, 15) is 9.59 Å². The fourth-order valence-corrected chi connectivity index (χ4v) is 28.5. The maximum absolute atomic E-state index is 12.9. The summed E-state index contributed by atoms with van der Waals surface area (Å²) in [5.74, 6) is -0.237. The first kappa shape index (κ1) is 36.6. The second-order valence-electron chi connectivity index (χ2n) is 31.1. The highest BCUT2D eigenvalue weighted by molar-refractivity contribution is 6.82. The summed E-state index contributed by atoms with van der Waals surface area (Å²) in [6, 6.07) is 7.29. The van der Waals surface area contributed by atoms with Crippen LogP contribution in [0.25, 0.3) is 291 Å². The molecule has 86 heavy (non-hydrogen) atoms. The highest BCUT2D eigenvalue weighted by Crippen LogP contribution is 2.85. The fourth-order valence-electron chi connectivity index (χ4n) is 28.5. The Bertz CT molecular complexity index is 7340. The molecular formula is C82H32N2O2. The van der Waals surface area contributed by atoms with E-state index in [1.54, 1.807) is 303 Å². The van der Waals surface area contributed by atoms with Crippen LogP contribution in [-0.2, 0) is 10.8 Å². The first-order chi connectivity index (χ1) is 42.7. The Labute approximate surface area is 478 Å². The molecule has 0 aromatic heterocycles. The molecule has 0 saturated carbocycles. The zero-order valence-corrected chi connectivity index (χ0v) is 45.9. The van der Waals surface area contributed by atoms with E-state index in [-0.39, 0.29) is 22.6 Å². The number of amides is 2. The van der Waals surface area contributed by atoms with E-state index >= 15 is 0 Å². The second kappa shape index (κ2) is 9.36. The number of imide groups is 1. The molecule has 0 unspecified atom stereocenters. The third-order valence-electron chi connectivity index (χ3n) is 29.6. The van der Waals surface area contributed by atoms with Crippen LogP contribution in [0.3, 0.4) is 0 Å². The molecule has 382 valence electrons. The van der Waals surface area contributed by atoms with Gasteiger partial charge in [-0.2, -0.15) is 0 Å². The SMILES string of the molecule is O=C1c2ccccc2C(=O)N1CCCCCCCCCCCCN1CC23c4c5c6c7c8c9c(c%10c%11c2c2c4c4c%12c5c5c6c6c8c8c%13c9c9c%10c%10c%11c%11c2c2c4c4c%12c%12c5c5c6c8c6c8c%13c9c9c%10c%10c%11c2c2c4c4c%12c5c6c5c8c9c%10c2c45)C73C1. The van der Waals surface area contributed by atoms with Gasteiger partial charge in [0.25, 0.3) is 11.8 Å². The molecule has 29 aromatic rings. The first-order valence-electron chi connectivity index (χ1n) is 33.2. The molecule has 1 fully saturated rings. The lowest BCUT2D eigenvalue weighted by Gasteiger charge is -2.49. The highest BCUT2D eigenvalue weighted by Gasteiger charge is 2.72. The van der Waals surface area contributed by atoms with Crippen LogP contribution < -0.4 is 0 Å². The first-order valence-corrected chi connectivity index (χ1v) is 33.2. The maximum atomic E-state index is 12.9. The normalized spacial score (nSPS) is 21.6. The summed E-state index contributed by atoms with van der Waals surface area (Å²) in [4.78, 5) is 30.5. The van der Waals surface area contributed by atoms with E-state index in [0.717, 1.165) is 25.9 Å². The number of carbonyl (C=O) groups excluding carboxylic acids is 2. The van der Waals surface area contributed by atoms with Gasteiger partial charge in [-0.3, -0.25) is 14.5 Å². The molecular weight excluding hydrogens is 1040 g/mol. The van der Waals surface area contributed by atoms with Crippen molar-refractivity contribution in [1.82, 2.24) is 9.80 Å². The van der Waals surface area contributed by atoms with Gasteiger partial charge >= 0.3 is 0 Å². The summed E-state index contributed by atoms with van der Waals surface area (Å²) in [7, 11) is 0. The van der Waals surface area contributed by atoms with Crippen molar-refractivity contribution in [3.8, 4) is 0 Å². The highest BCUT2D eigenvalue weighted by atomic mass is 16.2. The number of carbonyl (C=O) groups is 2. The zero-order chi connectivity index (χ0) is 52.7. The molecule has 0 atom stereocenters. The third-order valence-corrected chi connectivity index (χ3v) is 29.6. The number of benzene rings is 19. The monoisotopic (exact) mass is 1080 g/mol. The predicted octanol–water partition coefficient (Wildman–Crippen LogP) is 20.8. The number of unbranched alkanes of at least 4 members (excludes halogenated alkanes) is 9. The van der Waals surface area contributed by atoms with E-state index in [2.05, 4.69) is 4.90 Å². The topological polar surface area (TPSA) is 40.6 Å². The Hall–Kier alpha value is -9.22. The van der Waals surface area contributed by atoms with Crippen LogP contribution in [0.15, 0.2) is 24.3 Å². The quantitative estimate of drug-likeness (QED) is 0.0656. The Morgan fingerprint density at radius 3 is 0.616 bits per heavy atom. The minimum Gasteiger partial charge on any atom is -0.301 e. The van der Waals surface area contributed by atoms with Crippen LogP contribution >= 0.6 is 0 Å². The van der Waals surface area contributed by atoms with Crippen molar-refractivity contribution in [2.75, 3.05) is 26.2 Å². The molecule has 2 aliphatic heterocycles. The number of likely N-dealkylation sites (tertiary alicyclic amines) is 1. The van der Waals surface area contributed by atoms with Crippen LogP contribution in [0.4, 0.5) is 0 Å². The summed E-state index contributed by atoms with van der Waals surface area (Å²) >= 11 is 0. The van der Waals surface area contributed by atoms with Crippen LogP contribution in [0, 0.1) is 0 Å². The predicted molar refractivity (Wildman–Crippen MR) is 358 cm³/mol. The molecule has 6 aliphatic rings. The van der Waals surface area contributed by atoms with Crippen LogP contribution in [0.5, 0.6) is 0 Å². The van der Waals surface area contributed by atoms with Gasteiger partial charge in [0.2, 0.25) is 0 Å². The van der Waals surface area contributed by atoms with Gasteiger partial charge in [0.1, 0.15) is 0 Å². The summed E-state index contributed by atoms with van der Waals surface area (Å²) in [6.07, 6.45) is 12.1. The zero-order valence-electron chi connectivity index (χ0n) is 45.9. The molecule has 0 radical (unpaired) electrons. The van der Waals surface area contributed by atoms with E-state index in [1.807, 2.05) is 34.4 Å². The van der Waals surface area contributed by atoms with Gasteiger partial charge in [-0.25, -0.2) is 0 Å². The van der Waals surface area contributed by atoms with Crippen LogP contribution in [0.1, 0.15) is 107 Å². The molecule has 4 nitrogen and oxygen atoms in total. The summed E-state index contributed by atoms with van der Waals surface area (Å²) < 4.78 is 0. The van der Waals surface area contributed by atoms with E-state index in [4.69, 9.17) is 0 Å². The Morgan fingerprint density at radius 1 is 0.233 bits per heavy atom. The Kier molecular flexibility index (Phi) is 3.98. The van der Waals surface area contributed by atoms with Gasteiger partial charge < -0.3 is 4.90 Å². The fraction of sp³-hybridized carbons (Fsp3) is 0.195. The minimum atomic E-state index is -0.164. The third kappa shape index (κ3) is 2.35. The van der Waals surface area contributed by atoms with Crippen molar-refractivity contribution in [3.63, 3.8) is 0 Å². The van der Waals surface area contributed by atoms with E-state index in [1.165, 1.54) is 62.8 Å². The van der Waals surface area contributed by atoms with E-state index < -0.39 is 0 Å². The average molecular weight is 1080 g/mol. The smallest absolute Gasteiger partial charge is 0.261 e. The molecule has 1 saturated heterocycles. The van der Waals surface area contributed by atoms with Crippen molar-refractivity contribution >= 4 is 303 Å². The molecule has 2 amide bonds. The lowest BCUT2D eigenvalue weighted by molar-refractivity contribution is 0.0651. The molecule has 2 heterocycles. The second-order valence-corrected chi connectivity index (χ2v) is 31.1. The number of fused-ring (bicyclic) bond motifs is 1. The molecule has 35 rings (SSSR count). The van der Waals surface area contributed by atoms with Crippen molar-refractivity contribution in [2.24, 2.45) is 0 Å². The maximum Gasteiger partial charge on any atom is 0.261 e. The Balaban J connectivity index is 0.654. The summed E-state index contributed by atoms with van der Waals surface area (Å²) in [6.45, 7) is 3.98. The number of rotatable bonds is 13. The van der Waals surface area contributed by atoms with Gasteiger partial charge in [-0.1, -0.05) is 63.5 Å². The molecule has 4 aliphatic carbocycles. The number of nitrogens with zero attached hydrogens (tertiary/aromatic N) is 2. The van der Waals surface area contributed by atoms with Crippen molar-refractivity contribution in [1.29, 1.82) is 0 Å². The minimum absolute atomic E-state index is 0.118. The Morgan fingerprint density at radius 2 is 0.407 bits per heavy atom. The van der Waals surface area contributed by atoms with Crippen LogP contribution in [-0.4, -0.2) is 47.8 Å². The van der Waals surface area contributed by atoms with Gasteiger partial charge in [0.15, 0.2) is 0 Å². The van der Waals surface area contributed by atoms with Crippen LogP contribution in [0.2, 0.25) is 0 Å². The largest absolute Gasteiger partial charge is 0.301 e. The van der Waals surface area contributed by atoms with Crippen molar-refractivity contribution in [2.45, 2.75) is 75.0 Å². The molecule has 0 bridgehead atoms. The lowest BCUT2D eigenvalue weighted by Crippen LogP contribution is -2.51. The van der Waals surface area contributed by atoms with Gasteiger partial charge in [-0.15, -0.1) is 0 Å². The summed E-state index contributed by atoms with van der Waals surface area (Å²) in [5, 5.41) is 91.1. The summed E-state index contributed by atoms with van der Waals surface area (Å²) in [5.41, 5.74) is 8.07. The van der Waals surface area contributed by atoms with E-state index in [0.29, 0.717) is 17.7 Å². The van der Waals surface area contributed by atoms with Crippen molar-refractivity contribution < 1.29 is 9.59 Å². The number of hydrogen-bond donors (Lipinski definition) is 0. The van der Waals surface area contributed by atoms with Crippen molar-refractivity contribution in [3.05, 3.63) is 57.6 Å². The average Bonchev–Trinajstić information content (AvgIpc) is 1.38. The van der Waals surface area contributed by atoms with Gasteiger partial charge in [0, 0.05) is 19.6 Å². The standard InChI is InChI=1S/C82H32N2O2/c85-79-19-13-9-10-14-20(19)80(86)84(79)16-12-8-6-4-2-1-3-5-7-11-15-83-17-81-75-67-59-49-39-31-23-21-22-25-29-27(23)35-43-37(29)47-41-33(25)34-26(22)30-28-24(21)32(31)40-46-36(28)44-38(30)48-42(34)52-51(41)61-55(47)65-57(43)63(53(59)45(35)39)71(75)73(65)77-69(61)70-62(52)56(48)66-58(44)64-54(46)60(50(40)49)68(67)76(81)72(64)74(66)78(70)82(77,81)18-83/h9-10,13-14H,1-8,11-12,15-18H2. The molecule has 2 spiro atoms.